The zero-order valence-electron chi connectivity index (χ0n) is 15.9. The average Bonchev–Trinajstić information content (AvgIpc) is 2.53. The van der Waals surface area contributed by atoms with Crippen molar-refractivity contribution in [2.45, 2.75) is 110 Å². The second-order valence-corrected chi connectivity index (χ2v) is 25.1. The molecule has 0 bridgehead atoms. The Labute approximate surface area is 172 Å². The lowest BCUT2D eigenvalue weighted by molar-refractivity contribution is 0.396. The molecule has 0 aliphatic carbocycles. The molecule has 0 fully saturated rings. The van der Waals surface area contributed by atoms with Crippen LogP contribution in [0, 0.1) is 0 Å². The standard InChI is InChI=1S/C18H39Br2O3PS/c1-2-3-4-5-6-7-8-9-10-11-12-13-14-15-16-17-18-25(19,20)24(21,22)23/h2-18H2,1H3,(H2,21,22,23). The van der Waals surface area contributed by atoms with Crippen molar-refractivity contribution in [2.75, 3.05) is 5.75 Å². The van der Waals surface area contributed by atoms with Crippen molar-refractivity contribution in [3.8, 4) is 0 Å². The van der Waals surface area contributed by atoms with Gasteiger partial charge >= 0.3 is 6.80 Å². The molecule has 7 heteroatoms. The topological polar surface area (TPSA) is 57.5 Å². The third kappa shape index (κ3) is 16.1. The lowest BCUT2D eigenvalue weighted by Gasteiger charge is -2.26. The van der Waals surface area contributed by atoms with Crippen molar-refractivity contribution < 1.29 is 14.4 Å². The van der Waals surface area contributed by atoms with E-state index < -0.39 is 13.3 Å². The van der Waals surface area contributed by atoms with Crippen LogP contribution in [0.25, 0.3) is 0 Å². The molecule has 0 atom stereocenters. The smallest absolute Gasteiger partial charge is 0.317 e. The summed E-state index contributed by atoms with van der Waals surface area (Å²) in [7, 11) is 0. The van der Waals surface area contributed by atoms with E-state index in [1.54, 1.807) is 0 Å². The van der Waals surface area contributed by atoms with E-state index in [0.29, 0.717) is 5.75 Å². The summed E-state index contributed by atoms with van der Waals surface area (Å²) in [6.45, 7) is -3.90. The average molecular weight is 526 g/mol. The van der Waals surface area contributed by atoms with Crippen LogP contribution in [0.15, 0.2) is 0 Å². The largest absolute Gasteiger partial charge is 0.385 e. The summed E-state index contributed by atoms with van der Waals surface area (Å²) in [5.41, 5.74) is 0. The van der Waals surface area contributed by atoms with E-state index in [-0.39, 0.29) is 0 Å². The van der Waals surface area contributed by atoms with Gasteiger partial charge in [-0.3, -0.25) is 0 Å². The predicted octanol–water partition coefficient (Wildman–Crippen LogP) is 8.76. The van der Waals surface area contributed by atoms with E-state index in [0.717, 1.165) is 12.8 Å². The number of rotatable bonds is 18. The summed E-state index contributed by atoms with van der Waals surface area (Å²) in [6.07, 6.45) is 21.0. The lowest BCUT2D eigenvalue weighted by atomic mass is 10.0. The number of hydrogen-bond acceptors (Lipinski definition) is 1. The highest BCUT2D eigenvalue weighted by Gasteiger charge is 2.36. The van der Waals surface area contributed by atoms with Crippen LogP contribution in [-0.2, 0) is 4.57 Å². The van der Waals surface area contributed by atoms with Crippen LogP contribution in [0.3, 0.4) is 0 Å². The van der Waals surface area contributed by atoms with E-state index in [9.17, 15) is 14.4 Å². The Bertz CT molecular complexity index is 351. The Morgan fingerprint density at radius 3 is 1.20 bits per heavy atom. The molecule has 0 spiro atoms. The SMILES string of the molecule is CCCCCCCCCCCCCCCCCCS(Br)(Br)P(=O)(O)O. The molecule has 0 heterocycles. The minimum Gasteiger partial charge on any atom is -0.317 e. The van der Waals surface area contributed by atoms with Crippen LogP contribution in [0.5, 0.6) is 0 Å². The molecule has 0 unspecified atom stereocenters. The second kappa shape index (κ2) is 16.4. The van der Waals surface area contributed by atoms with Crippen LogP contribution in [0.4, 0.5) is 0 Å². The summed E-state index contributed by atoms with van der Waals surface area (Å²) in [5.74, 6) is 0.537. The fourth-order valence-corrected chi connectivity index (χ4v) is 6.21. The van der Waals surface area contributed by atoms with Gasteiger partial charge in [-0.1, -0.05) is 103 Å². The van der Waals surface area contributed by atoms with Gasteiger partial charge < -0.3 is 9.79 Å². The van der Waals surface area contributed by atoms with Gasteiger partial charge in [0.05, 0.1) is 0 Å². The van der Waals surface area contributed by atoms with E-state index in [1.807, 2.05) is 0 Å². The minimum absolute atomic E-state index is 0.537. The third-order valence-electron chi connectivity index (χ3n) is 4.59. The lowest BCUT2D eigenvalue weighted by Crippen LogP contribution is -1.92. The Balaban J connectivity index is 3.23. The molecule has 0 aliphatic heterocycles. The zero-order chi connectivity index (χ0) is 19.0. The predicted molar refractivity (Wildman–Crippen MR) is 122 cm³/mol. The molecule has 0 aromatic rings. The van der Waals surface area contributed by atoms with Gasteiger partial charge in [-0.15, -0.1) is 0 Å². The van der Waals surface area contributed by atoms with Gasteiger partial charge in [0, 0.05) is 5.75 Å². The molecule has 3 nitrogen and oxygen atoms in total. The zero-order valence-corrected chi connectivity index (χ0v) is 20.8. The molecule has 25 heavy (non-hydrogen) atoms. The maximum Gasteiger partial charge on any atom is 0.385 e. The van der Waals surface area contributed by atoms with Gasteiger partial charge in [0.2, 0.25) is 0 Å². The summed E-state index contributed by atoms with van der Waals surface area (Å²) in [6, 6.07) is 0. The van der Waals surface area contributed by atoms with E-state index in [4.69, 9.17) is 0 Å². The number of halogens is 2. The fourth-order valence-electron chi connectivity index (χ4n) is 2.94. The first-order chi connectivity index (χ1) is 11.8. The molecule has 2 N–H and O–H groups in total. The third-order valence-corrected chi connectivity index (χ3v) is 17.4. The van der Waals surface area contributed by atoms with Crippen LogP contribution in [-0.4, -0.2) is 15.5 Å². The Kier molecular flexibility index (Phi) is 17.4. The summed E-state index contributed by atoms with van der Waals surface area (Å²) >= 11 is 6.37. The van der Waals surface area contributed by atoms with Gasteiger partial charge in [0.15, 0.2) is 0 Å². The monoisotopic (exact) mass is 524 g/mol. The van der Waals surface area contributed by atoms with E-state index >= 15 is 0 Å². The summed E-state index contributed by atoms with van der Waals surface area (Å²) in [5, 5.41) is 0. The van der Waals surface area contributed by atoms with Crippen molar-refractivity contribution in [1.29, 1.82) is 0 Å². The fraction of sp³-hybridized carbons (Fsp3) is 1.00. The van der Waals surface area contributed by atoms with Crippen LogP contribution in [0.2, 0.25) is 0 Å². The van der Waals surface area contributed by atoms with E-state index in [1.165, 1.54) is 89.9 Å². The maximum absolute atomic E-state index is 11.3. The van der Waals surface area contributed by atoms with Crippen LogP contribution >= 0.6 is 42.9 Å². The first-order valence-electron chi connectivity index (χ1n) is 10.1. The molecule has 0 saturated carbocycles. The number of unbranched alkanes of at least 4 members (excludes halogenated alkanes) is 15. The van der Waals surface area contributed by atoms with Crippen molar-refractivity contribution >= 4 is 42.9 Å². The minimum atomic E-state index is -4.04. The highest BCUT2D eigenvalue weighted by atomic mass is 79.9. The molecule has 0 aromatic heterocycles. The quantitative estimate of drug-likeness (QED) is 0.139. The van der Waals surface area contributed by atoms with Gasteiger partial charge in [0.25, 0.3) is 0 Å². The molecule has 0 aliphatic rings. The Morgan fingerprint density at radius 1 is 0.640 bits per heavy atom. The molecular formula is C18H39Br2O3PS. The van der Waals surface area contributed by atoms with Crippen molar-refractivity contribution in [1.82, 2.24) is 0 Å². The van der Waals surface area contributed by atoms with Gasteiger partial charge in [-0.2, -0.15) is 0 Å². The molecule has 0 amide bonds. The Morgan fingerprint density at radius 2 is 0.920 bits per heavy atom. The molecular weight excluding hydrogens is 487 g/mol. The van der Waals surface area contributed by atoms with Gasteiger partial charge in [0.1, 0.15) is 0 Å². The Hall–Kier alpha value is 1.46. The maximum atomic E-state index is 11.3. The molecule has 154 valence electrons. The second-order valence-electron chi connectivity index (χ2n) is 7.04. The van der Waals surface area contributed by atoms with Crippen molar-refractivity contribution in [3.05, 3.63) is 0 Å². The molecule has 0 saturated heterocycles. The van der Waals surface area contributed by atoms with Crippen LogP contribution < -0.4 is 0 Å². The molecule has 0 radical (unpaired) electrons. The molecule has 0 aromatic carbocycles. The highest BCUT2D eigenvalue weighted by molar-refractivity contribution is 9.98. The first-order valence-corrected chi connectivity index (χ1v) is 17.8. The van der Waals surface area contributed by atoms with Crippen LogP contribution in [0.1, 0.15) is 110 Å². The van der Waals surface area contributed by atoms with Crippen molar-refractivity contribution in [2.24, 2.45) is 0 Å². The molecule has 0 rings (SSSR count). The number of hydrogen-bond donors (Lipinski definition) is 2. The summed E-state index contributed by atoms with van der Waals surface area (Å²) in [4.78, 5) is 18.5. The van der Waals surface area contributed by atoms with Gasteiger partial charge in [-0.05, 0) is 42.6 Å². The van der Waals surface area contributed by atoms with E-state index in [2.05, 4.69) is 36.5 Å². The highest BCUT2D eigenvalue weighted by Crippen LogP contribution is 2.86. The summed E-state index contributed by atoms with van der Waals surface area (Å²) < 4.78 is 11.3. The first kappa shape index (κ1) is 26.5. The van der Waals surface area contributed by atoms with Gasteiger partial charge in [-0.25, -0.2) is 4.57 Å². The van der Waals surface area contributed by atoms with Crippen molar-refractivity contribution in [3.63, 3.8) is 0 Å². The normalized spacial score (nSPS) is 13.3.